The highest BCUT2D eigenvalue weighted by Gasteiger charge is 2.14. The van der Waals surface area contributed by atoms with Crippen LogP contribution >= 0.6 is 0 Å². The predicted molar refractivity (Wildman–Crippen MR) is 114 cm³/mol. The Morgan fingerprint density at radius 2 is 1.90 bits per heavy atom. The highest BCUT2D eigenvalue weighted by molar-refractivity contribution is 5.98. The Morgan fingerprint density at radius 1 is 1.10 bits per heavy atom. The van der Waals surface area contributed by atoms with Crippen LogP contribution in [-0.4, -0.2) is 40.9 Å². The molecule has 0 aliphatic heterocycles. The molecule has 0 fully saturated rings. The summed E-state index contributed by atoms with van der Waals surface area (Å²) in [5, 5.41) is 4.15. The average molecular weight is 420 g/mol. The number of aromatic nitrogens is 6. The summed E-state index contributed by atoms with van der Waals surface area (Å²) in [4.78, 5) is 37.8. The van der Waals surface area contributed by atoms with Crippen LogP contribution in [0.4, 0.5) is 0 Å². The molecule has 10 heteroatoms. The van der Waals surface area contributed by atoms with Crippen LogP contribution in [0.5, 0.6) is 0 Å². The molecule has 2 amide bonds. The maximum atomic E-state index is 12.5. The van der Waals surface area contributed by atoms with Crippen molar-refractivity contribution in [2.75, 3.05) is 0 Å². The largest absolute Gasteiger partial charge is 0.329 e. The zero-order chi connectivity index (χ0) is 22.1. The summed E-state index contributed by atoms with van der Waals surface area (Å²) < 4.78 is 3.73. The fourth-order valence-corrected chi connectivity index (χ4v) is 3.81. The topological polar surface area (TPSA) is 119 Å². The lowest BCUT2D eigenvalue weighted by Gasteiger charge is -2.11. The molecule has 3 heterocycles. The van der Waals surface area contributed by atoms with E-state index >= 15 is 0 Å². The molecule has 160 valence electrons. The van der Waals surface area contributed by atoms with Crippen molar-refractivity contribution in [1.29, 1.82) is 0 Å². The first-order valence-electron chi connectivity index (χ1n) is 10.1. The van der Waals surface area contributed by atoms with Crippen molar-refractivity contribution in [3.8, 4) is 0 Å². The van der Waals surface area contributed by atoms with Gasteiger partial charge in [0.05, 0.1) is 11.0 Å². The Bertz CT molecular complexity index is 1300. The van der Waals surface area contributed by atoms with Gasteiger partial charge in [0.15, 0.2) is 0 Å². The minimum absolute atomic E-state index is 0.197. The second-order valence-electron chi connectivity index (χ2n) is 7.34. The van der Waals surface area contributed by atoms with Crippen molar-refractivity contribution >= 4 is 28.6 Å². The Balaban J connectivity index is 1.38. The quantitative estimate of drug-likeness (QED) is 0.475. The van der Waals surface area contributed by atoms with Gasteiger partial charge >= 0.3 is 0 Å². The molecule has 0 bridgehead atoms. The number of aryl methyl sites for hydroxylation is 4. The van der Waals surface area contributed by atoms with E-state index in [1.165, 1.54) is 6.33 Å². The number of imidazole rings is 1. The molecule has 4 rings (SSSR count). The van der Waals surface area contributed by atoms with Crippen LogP contribution < -0.4 is 10.9 Å². The summed E-state index contributed by atoms with van der Waals surface area (Å²) in [6.45, 7) is 8.59. The second-order valence-corrected chi connectivity index (χ2v) is 7.34. The normalized spacial score (nSPS) is 11.2. The summed E-state index contributed by atoms with van der Waals surface area (Å²) in [5.41, 5.74) is 9.75. The molecular weight excluding hydrogens is 396 g/mol. The first-order valence-corrected chi connectivity index (χ1v) is 10.1. The summed E-state index contributed by atoms with van der Waals surface area (Å²) >= 11 is 0. The van der Waals surface area contributed by atoms with E-state index < -0.39 is 5.91 Å². The number of nitrogens with zero attached hydrogens (tertiary/aromatic N) is 6. The SMILES string of the molecule is CCn1c(C)nc2cc(C(=O)NNC(=O)CCc3c(C)nc4ncnn4c3C)ccc21. The molecule has 2 N–H and O–H groups in total. The van der Waals surface area contributed by atoms with Gasteiger partial charge in [0.2, 0.25) is 5.91 Å². The average Bonchev–Trinajstić information content (AvgIpc) is 3.34. The van der Waals surface area contributed by atoms with Gasteiger partial charge in [0.1, 0.15) is 12.2 Å². The van der Waals surface area contributed by atoms with Crippen LogP contribution in [-0.2, 0) is 17.8 Å². The predicted octanol–water partition coefficient (Wildman–Crippen LogP) is 1.81. The molecule has 0 radical (unpaired) electrons. The zero-order valence-corrected chi connectivity index (χ0v) is 17.9. The summed E-state index contributed by atoms with van der Waals surface area (Å²) in [6.07, 6.45) is 2.12. The van der Waals surface area contributed by atoms with Crippen LogP contribution in [0.2, 0.25) is 0 Å². The van der Waals surface area contributed by atoms with E-state index in [1.54, 1.807) is 16.6 Å². The molecule has 0 unspecified atom stereocenters. The Labute approximate surface area is 178 Å². The van der Waals surface area contributed by atoms with Crippen LogP contribution in [0.25, 0.3) is 16.8 Å². The molecular formula is C21H24N8O2. The van der Waals surface area contributed by atoms with Gasteiger partial charge in [-0.1, -0.05) is 0 Å². The van der Waals surface area contributed by atoms with Crippen LogP contribution in [0.3, 0.4) is 0 Å². The highest BCUT2D eigenvalue weighted by Crippen LogP contribution is 2.18. The Hall–Kier alpha value is -3.82. The zero-order valence-electron chi connectivity index (χ0n) is 17.9. The maximum absolute atomic E-state index is 12.5. The lowest BCUT2D eigenvalue weighted by atomic mass is 10.1. The van der Waals surface area contributed by atoms with Crippen molar-refractivity contribution in [2.45, 2.75) is 47.1 Å². The van der Waals surface area contributed by atoms with E-state index in [4.69, 9.17) is 0 Å². The first kappa shape index (κ1) is 20.5. The molecule has 0 spiro atoms. The molecule has 31 heavy (non-hydrogen) atoms. The summed E-state index contributed by atoms with van der Waals surface area (Å²) in [7, 11) is 0. The molecule has 10 nitrogen and oxygen atoms in total. The molecule has 0 aliphatic carbocycles. The molecule has 0 aliphatic rings. The number of amides is 2. The van der Waals surface area contributed by atoms with Crippen LogP contribution in [0, 0.1) is 20.8 Å². The maximum Gasteiger partial charge on any atom is 0.269 e. The van der Waals surface area contributed by atoms with Gasteiger partial charge in [-0.3, -0.25) is 20.4 Å². The Morgan fingerprint density at radius 3 is 2.68 bits per heavy atom. The van der Waals surface area contributed by atoms with Crippen molar-refractivity contribution in [3.63, 3.8) is 0 Å². The number of hydrazine groups is 1. The van der Waals surface area contributed by atoms with E-state index in [0.717, 1.165) is 40.4 Å². The van der Waals surface area contributed by atoms with Gasteiger partial charge in [-0.25, -0.2) is 14.5 Å². The standard InChI is InChI=1S/C21H24N8O2/c1-5-28-14(4)25-17-10-15(6-8-18(17)28)20(31)27-26-19(30)9-7-16-12(2)24-21-22-11-23-29(21)13(16)3/h6,8,10-11H,5,7,9H2,1-4H3,(H,26,30)(H,27,31). The van der Waals surface area contributed by atoms with Crippen LogP contribution in [0.15, 0.2) is 24.5 Å². The fraction of sp³-hybridized carbons (Fsp3) is 0.333. The van der Waals surface area contributed by atoms with Crippen molar-refractivity contribution in [3.05, 3.63) is 52.9 Å². The van der Waals surface area contributed by atoms with E-state index in [0.29, 0.717) is 17.8 Å². The first-order chi connectivity index (χ1) is 14.9. The second kappa shape index (κ2) is 8.13. The molecule has 0 saturated carbocycles. The van der Waals surface area contributed by atoms with E-state index in [9.17, 15) is 9.59 Å². The minimum Gasteiger partial charge on any atom is -0.329 e. The molecule has 0 atom stereocenters. The third kappa shape index (κ3) is 3.83. The van der Waals surface area contributed by atoms with E-state index in [1.807, 2.05) is 33.8 Å². The lowest BCUT2D eigenvalue weighted by molar-refractivity contribution is -0.121. The van der Waals surface area contributed by atoms with E-state index in [-0.39, 0.29) is 12.3 Å². The molecule has 4 aromatic rings. The highest BCUT2D eigenvalue weighted by atomic mass is 16.2. The molecule has 0 saturated heterocycles. The van der Waals surface area contributed by atoms with Gasteiger partial charge in [0.25, 0.3) is 11.7 Å². The van der Waals surface area contributed by atoms with Gasteiger partial charge in [-0.05, 0) is 57.9 Å². The number of nitrogens with one attached hydrogen (secondary N) is 2. The molecule has 3 aromatic heterocycles. The van der Waals surface area contributed by atoms with Gasteiger partial charge in [-0.15, -0.1) is 0 Å². The summed E-state index contributed by atoms with van der Waals surface area (Å²) in [6, 6.07) is 5.32. The lowest BCUT2D eigenvalue weighted by Crippen LogP contribution is -2.41. The smallest absolute Gasteiger partial charge is 0.269 e. The van der Waals surface area contributed by atoms with Gasteiger partial charge in [-0.2, -0.15) is 10.1 Å². The van der Waals surface area contributed by atoms with Crippen molar-refractivity contribution < 1.29 is 9.59 Å². The number of rotatable bonds is 5. The number of benzene rings is 1. The number of carbonyl (C=O) groups is 2. The number of fused-ring (bicyclic) bond motifs is 2. The number of hydrogen-bond donors (Lipinski definition) is 2. The van der Waals surface area contributed by atoms with Gasteiger partial charge < -0.3 is 4.57 Å². The number of hydrogen-bond acceptors (Lipinski definition) is 6. The third-order valence-corrected chi connectivity index (χ3v) is 5.42. The third-order valence-electron chi connectivity index (χ3n) is 5.42. The Kier molecular flexibility index (Phi) is 5.37. The summed E-state index contributed by atoms with van der Waals surface area (Å²) in [5.74, 6) is 0.744. The van der Waals surface area contributed by atoms with Gasteiger partial charge in [0, 0.05) is 29.9 Å². The monoisotopic (exact) mass is 420 g/mol. The van der Waals surface area contributed by atoms with Crippen LogP contribution in [0.1, 0.15) is 46.5 Å². The molecule has 1 aromatic carbocycles. The van der Waals surface area contributed by atoms with E-state index in [2.05, 4.69) is 35.5 Å². The van der Waals surface area contributed by atoms with Crippen molar-refractivity contribution in [1.82, 2.24) is 40.0 Å². The minimum atomic E-state index is -0.392. The fourth-order valence-electron chi connectivity index (χ4n) is 3.81. The van der Waals surface area contributed by atoms with Crippen molar-refractivity contribution in [2.24, 2.45) is 0 Å². The number of carbonyl (C=O) groups excluding carboxylic acids is 2.